The molecule has 3 aliphatic carbocycles. The number of aliphatic hydroxyl groups is 1. The lowest BCUT2D eigenvalue weighted by molar-refractivity contribution is -0.127. The van der Waals surface area contributed by atoms with E-state index in [2.05, 4.69) is 40.0 Å². The number of hydrogen-bond donors (Lipinski definition) is 1. The molecule has 0 heterocycles. The maximum absolute atomic E-state index is 13.6. The summed E-state index contributed by atoms with van der Waals surface area (Å²) in [7, 11) is 0. The Morgan fingerprint density at radius 2 is 1.79 bits per heavy atom. The molecule has 3 nitrogen and oxygen atoms in total. The number of hydrogen-bond acceptors (Lipinski definition) is 3. The van der Waals surface area contributed by atoms with Crippen LogP contribution in [0.4, 0.5) is 0 Å². The summed E-state index contributed by atoms with van der Waals surface area (Å²) < 4.78 is 0. The Bertz CT molecular complexity index is 810. The van der Waals surface area contributed by atoms with E-state index in [0.717, 1.165) is 24.8 Å². The molecule has 5 atom stereocenters. The second-order valence-corrected chi connectivity index (χ2v) is 10.1. The van der Waals surface area contributed by atoms with Crippen molar-refractivity contribution in [2.75, 3.05) is 0 Å². The highest BCUT2D eigenvalue weighted by Crippen LogP contribution is 2.60. The number of carbonyl (C=O) groups is 2. The van der Waals surface area contributed by atoms with E-state index in [4.69, 9.17) is 0 Å². The molecule has 0 unspecified atom stereocenters. The second kappa shape index (κ2) is 6.95. The van der Waals surface area contributed by atoms with Crippen molar-refractivity contribution in [2.45, 2.75) is 66.4 Å². The van der Waals surface area contributed by atoms with Gasteiger partial charge in [-0.15, -0.1) is 0 Å². The Kier molecular flexibility index (Phi) is 5.21. The number of Topliss-reactive ketones (excluding diaryl/α,β-unsaturated/α-hetero) is 2. The molecule has 1 N–H and O–H groups in total. The summed E-state index contributed by atoms with van der Waals surface area (Å²) in [6.07, 6.45) is 6.37. The van der Waals surface area contributed by atoms with Crippen LogP contribution in [0.5, 0.6) is 0 Å². The molecule has 0 radical (unpaired) electrons. The first-order valence-corrected chi connectivity index (χ1v) is 10.4. The first-order valence-electron chi connectivity index (χ1n) is 10.4. The number of allylic oxidation sites excluding steroid dienone is 4. The summed E-state index contributed by atoms with van der Waals surface area (Å²) in [5, 5.41) is 10.6. The lowest BCUT2D eigenvalue weighted by Gasteiger charge is -2.55. The average Bonchev–Trinajstić information content (AvgIpc) is 2.56. The third kappa shape index (κ3) is 3.18. The zero-order valence-corrected chi connectivity index (χ0v) is 18.0. The minimum Gasteiger partial charge on any atom is -0.388 e. The average molecular weight is 383 g/mol. The molecule has 0 amide bonds. The van der Waals surface area contributed by atoms with Gasteiger partial charge in [0, 0.05) is 23.8 Å². The van der Waals surface area contributed by atoms with E-state index in [-0.39, 0.29) is 40.7 Å². The first kappa shape index (κ1) is 21.0. The zero-order valence-electron chi connectivity index (χ0n) is 18.0. The van der Waals surface area contributed by atoms with Crippen LogP contribution in [-0.2, 0) is 9.59 Å². The molecule has 0 spiro atoms. The summed E-state index contributed by atoms with van der Waals surface area (Å²) in [6.45, 7) is 18.8. The lowest BCUT2D eigenvalue weighted by atomic mass is 9.48. The Labute approximate surface area is 169 Å². The smallest absolute Gasteiger partial charge is 0.170 e. The first-order chi connectivity index (χ1) is 12.9. The van der Waals surface area contributed by atoms with Crippen LogP contribution in [-0.4, -0.2) is 22.8 Å². The van der Waals surface area contributed by atoms with Gasteiger partial charge in [-0.1, -0.05) is 52.0 Å². The number of carbonyl (C=O) groups excluding carboxylic acids is 2. The van der Waals surface area contributed by atoms with Crippen LogP contribution < -0.4 is 0 Å². The number of ketones is 2. The molecule has 0 aliphatic heterocycles. The van der Waals surface area contributed by atoms with E-state index in [0.29, 0.717) is 16.7 Å². The summed E-state index contributed by atoms with van der Waals surface area (Å²) >= 11 is 0. The molecule has 1 saturated carbocycles. The molecule has 0 aromatic carbocycles. The highest BCUT2D eigenvalue weighted by Gasteiger charge is 2.55. The minimum atomic E-state index is -0.783. The monoisotopic (exact) mass is 382 g/mol. The van der Waals surface area contributed by atoms with Gasteiger partial charge in [0.05, 0.1) is 6.10 Å². The maximum Gasteiger partial charge on any atom is 0.170 e. The van der Waals surface area contributed by atoms with Crippen molar-refractivity contribution in [1.82, 2.24) is 0 Å². The Balaban J connectivity index is 2.07. The van der Waals surface area contributed by atoms with Crippen molar-refractivity contribution in [1.29, 1.82) is 0 Å². The SMILES string of the molecule is C=C(C)[C@@H]1C(=O)C(C(=C)[C@H]2CC(=O)C(C)=C[C@H]2O)=C[C@H]2C(C)(C)CCC[C@]12C. The van der Waals surface area contributed by atoms with Crippen LogP contribution in [0, 0.1) is 28.6 Å². The predicted octanol–water partition coefficient (Wildman–Crippen LogP) is 4.97. The molecular weight excluding hydrogens is 348 g/mol. The molecular formula is C25H34O3. The minimum absolute atomic E-state index is 0.0135. The normalized spacial score (nSPS) is 37.6. The van der Waals surface area contributed by atoms with Gasteiger partial charge in [-0.25, -0.2) is 0 Å². The van der Waals surface area contributed by atoms with Crippen molar-refractivity contribution in [2.24, 2.45) is 28.6 Å². The van der Waals surface area contributed by atoms with Gasteiger partial charge in [0.1, 0.15) is 0 Å². The van der Waals surface area contributed by atoms with Crippen molar-refractivity contribution >= 4 is 11.6 Å². The van der Waals surface area contributed by atoms with Crippen LogP contribution in [0.25, 0.3) is 0 Å². The quantitative estimate of drug-likeness (QED) is 0.701. The predicted molar refractivity (Wildman–Crippen MR) is 113 cm³/mol. The van der Waals surface area contributed by atoms with Crippen LogP contribution in [0.3, 0.4) is 0 Å². The molecule has 3 heteroatoms. The van der Waals surface area contributed by atoms with E-state index in [1.165, 1.54) is 0 Å². The fraction of sp³-hybridized carbons (Fsp3) is 0.600. The summed E-state index contributed by atoms with van der Waals surface area (Å²) in [5.41, 5.74) is 2.61. The number of aliphatic hydroxyl groups excluding tert-OH is 1. The third-order valence-electron chi connectivity index (χ3n) is 7.57. The summed E-state index contributed by atoms with van der Waals surface area (Å²) in [5.74, 6) is -0.385. The Morgan fingerprint density at radius 1 is 1.14 bits per heavy atom. The maximum atomic E-state index is 13.6. The highest BCUT2D eigenvalue weighted by molar-refractivity contribution is 6.04. The number of rotatable bonds is 3. The van der Waals surface area contributed by atoms with Crippen LogP contribution in [0.15, 0.2) is 47.6 Å². The van der Waals surface area contributed by atoms with Gasteiger partial charge in [-0.3, -0.25) is 9.59 Å². The van der Waals surface area contributed by atoms with Gasteiger partial charge in [-0.2, -0.15) is 0 Å². The van der Waals surface area contributed by atoms with Crippen molar-refractivity contribution in [3.8, 4) is 0 Å². The second-order valence-electron chi connectivity index (χ2n) is 10.1. The molecule has 152 valence electrons. The molecule has 3 aliphatic rings. The fourth-order valence-electron chi connectivity index (χ4n) is 6.10. The molecule has 28 heavy (non-hydrogen) atoms. The fourth-order valence-corrected chi connectivity index (χ4v) is 6.10. The van der Waals surface area contributed by atoms with Gasteiger partial charge >= 0.3 is 0 Å². The standard InChI is InChI=1S/C25H34O3/c1-14(2)22-23(28)18(13-21-24(5,6)9-8-10-25(21,22)7)16(4)17-12-19(26)15(3)11-20(17)27/h11,13,17,20-22,27H,1,4,8-10,12H2,2-3,5-7H3/t17-,20-,21+,22-,25+/m1/s1. The van der Waals surface area contributed by atoms with Crippen molar-refractivity contribution in [3.63, 3.8) is 0 Å². The molecule has 0 aromatic rings. The molecule has 0 aromatic heterocycles. The highest BCUT2D eigenvalue weighted by atomic mass is 16.3. The van der Waals surface area contributed by atoms with Crippen LogP contribution in [0.1, 0.15) is 60.3 Å². The van der Waals surface area contributed by atoms with E-state index < -0.39 is 12.0 Å². The van der Waals surface area contributed by atoms with E-state index in [1.54, 1.807) is 13.0 Å². The van der Waals surface area contributed by atoms with Crippen molar-refractivity contribution in [3.05, 3.63) is 47.6 Å². The van der Waals surface area contributed by atoms with Crippen molar-refractivity contribution < 1.29 is 14.7 Å². The third-order valence-corrected chi connectivity index (χ3v) is 7.57. The number of fused-ring (bicyclic) bond motifs is 1. The Hall–Kier alpha value is -1.74. The van der Waals surface area contributed by atoms with Crippen LogP contribution in [0.2, 0.25) is 0 Å². The molecule has 3 rings (SSSR count). The Morgan fingerprint density at radius 3 is 2.39 bits per heavy atom. The van der Waals surface area contributed by atoms with E-state index in [9.17, 15) is 14.7 Å². The summed E-state index contributed by atoms with van der Waals surface area (Å²) in [6, 6.07) is 0. The van der Waals surface area contributed by atoms with E-state index >= 15 is 0 Å². The largest absolute Gasteiger partial charge is 0.388 e. The summed E-state index contributed by atoms with van der Waals surface area (Å²) in [4.78, 5) is 25.8. The van der Waals surface area contributed by atoms with Gasteiger partial charge in [-0.05, 0) is 60.7 Å². The van der Waals surface area contributed by atoms with Crippen LogP contribution >= 0.6 is 0 Å². The van der Waals surface area contributed by atoms with Gasteiger partial charge in [0.15, 0.2) is 11.6 Å². The molecule has 1 fully saturated rings. The van der Waals surface area contributed by atoms with Gasteiger partial charge in [0.2, 0.25) is 0 Å². The molecule has 0 bridgehead atoms. The topological polar surface area (TPSA) is 54.4 Å². The van der Waals surface area contributed by atoms with Gasteiger partial charge in [0.25, 0.3) is 0 Å². The van der Waals surface area contributed by atoms with Gasteiger partial charge < -0.3 is 5.11 Å². The zero-order chi connectivity index (χ0) is 21.0. The van der Waals surface area contributed by atoms with E-state index in [1.807, 2.05) is 6.92 Å². The lowest BCUT2D eigenvalue weighted by Crippen LogP contribution is -2.51. The molecule has 0 saturated heterocycles.